The van der Waals surface area contributed by atoms with Crippen molar-refractivity contribution in [3.63, 3.8) is 0 Å². The van der Waals surface area contributed by atoms with Crippen LogP contribution in [-0.4, -0.2) is 59.7 Å². The third kappa shape index (κ3) is 3.12. The first-order valence-electron chi connectivity index (χ1n) is 9.66. The number of aromatic nitrogens is 1. The standard InChI is InChI=1S/C21H27N3O3/c1-21-10-6-12-24(19(21)9-5-11-23(21)2)20(25)18-14-17(22-27-18)15-7-4-8-16(13-15)26-3/h4,7-8,13-14,19H,5-6,9-12H2,1-3H3/t19-,21-/m0/s1. The van der Waals surface area contributed by atoms with Crippen LogP contribution in [0.5, 0.6) is 5.75 Å². The van der Waals surface area contributed by atoms with Gasteiger partial charge in [0.05, 0.1) is 13.2 Å². The molecule has 2 atom stereocenters. The smallest absolute Gasteiger partial charge is 0.292 e. The second kappa shape index (κ2) is 7.00. The van der Waals surface area contributed by atoms with Gasteiger partial charge in [-0.05, 0) is 58.3 Å². The summed E-state index contributed by atoms with van der Waals surface area (Å²) < 4.78 is 10.7. The Morgan fingerprint density at radius 1 is 1.30 bits per heavy atom. The molecule has 144 valence electrons. The number of carbonyl (C=O) groups excluding carboxylic acids is 1. The zero-order chi connectivity index (χ0) is 19.0. The predicted molar refractivity (Wildman–Crippen MR) is 103 cm³/mol. The van der Waals surface area contributed by atoms with E-state index < -0.39 is 0 Å². The number of amides is 1. The number of methoxy groups -OCH3 is 1. The molecule has 2 fully saturated rings. The molecule has 6 heteroatoms. The van der Waals surface area contributed by atoms with Crippen molar-refractivity contribution in [2.45, 2.75) is 44.2 Å². The minimum absolute atomic E-state index is 0.0435. The number of carbonyl (C=O) groups is 1. The van der Waals surface area contributed by atoms with Gasteiger partial charge in [-0.3, -0.25) is 9.69 Å². The van der Waals surface area contributed by atoms with Gasteiger partial charge in [-0.15, -0.1) is 0 Å². The average molecular weight is 369 g/mol. The number of hydrogen-bond acceptors (Lipinski definition) is 5. The van der Waals surface area contributed by atoms with E-state index in [9.17, 15) is 4.79 Å². The number of hydrogen-bond donors (Lipinski definition) is 0. The number of nitrogens with zero attached hydrogens (tertiary/aromatic N) is 3. The molecule has 1 aromatic heterocycles. The molecule has 4 rings (SSSR count). The SMILES string of the molecule is COc1cccc(-c2cc(C(=O)N3CCC[C@@]4(C)[C@@H]3CCCN4C)on2)c1. The van der Waals surface area contributed by atoms with Crippen LogP contribution in [0.1, 0.15) is 43.2 Å². The van der Waals surface area contributed by atoms with E-state index in [0.717, 1.165) is 50.1 Å². The van der Waals surface area contributed by atoms with Crippen LogP contribution in [-0.2, 0) is 0 Å². The first-order valence-corrected chi connectivity index (χ1v) is 9.66. The molecule has 1 aromatic carbocycles. The van der Waals surface area contributed by atoms with Gasteiger partial charge >= 0.3 is 0 Å². The lowest BCUT2D eigenvalue weighted by atomic mass is 9.76. The molecule has 0 unspecified atom stereocenters. The van der Waals surface area contributed by atoms with Crippen molar-refractivity contribution in [3.8, 4) is 17.0 Å². The van der Waals surface area contributed by atoms with Gasteiger partial charge in [0, 0.05) is 23.7 Å². The first-order chi connectivity index (χ1) is 13.0. The van der Waals surface area contributed by atoms with Gasteiger partial charge in [-0.2, -0.15) is 0 Å². The fourth-order valence-corrected chi connectivity index (χ4v) is 4.63. The van der Waals surface area contributed by atoms with Crippen LogP contribution in [0.25, 0.3) is 11.3 Å². The highest BCUT2D eigenvalue weighted by atomic mass is 16.5. The van der Waals surface area contributed by atoms with Crippen LogP contribution in [0.2, 0.25) is 0 Å². The Kier molecular flexibility index (Phi) is 4.68. The van der Waals surface area contributed by atoms with Crippen molar-refractivity contribution >= 4 is 5.91 Å². The third-order valence-corrected chi connectivity index (χ3v) is 6.37. The second-order valence-electron chi connectivity index (χ2n) is 7.85. The van der Waals surface area contributed by atoms with Crippen molar-refractivity contribution in [1.29, 1.82) is 0 Å². The zero-order valence-electron chi connectivity index (χ0n) is 16.3. The molecule has 2 aliphatic rings. The van der Waals surface area contributed by atoms with E-state index in [4.69, 9.17) is 9.26 Å². The van der Waals surface area contributed by atoms with Crippen LogP contribution >= 0.6 is 0 Å². The molecular formula is C21H27N3O3. The Morgan fingerprint density at radius 3 is 2.96 bits per heavy atom. The van der Waals surface area contributed by atoms with E-state index in [1.54, 1.807) is 13.2 Å². The number of piperidine rings is 2. The van der Waals surface area contributed by atoms with E-state index in [1.165, 1.54) is 0 Å². The van der Waals surface area contributed by atoms with Crippen LogP contribution in [0.4, 0.5) is 0 Å². The summed E-state index contributed by atoms with van der Waals surface area (Å²) in [6.45, 7) is 4.16. The molecule has 2 aliphatic heterocycles. The van der Waals surface area contributed by atoms with Gasteiger partial charge in [-0.25, -0.2) is 0 Å². The number of rotatable bonds is 3. The van der Waals surface area contributed by atoms with Crippen LogP contribution in [0.15, 0.2) is 34.9 Å². The molecule has 6 nitrogen and oxygen atoms in total. The van der Waals surface area contributed by atoms with Gasteiger partial charge < -0.3 is 14.2 Å². The molecule has 3 heterocycles. The maximum atomic E-state index is 13.2. The quantitative estimate of drug-likeness (QED) is 0.829. The second-order valence-corrected chi connectivity index (χ2v) is 7.85. The summed E-state index contributed by atoms with van der Waals surface area (Å²) in [5, 5.41) is 4.13. The molecule has 0 spiro atoms. The average Bonchev–Trinajstić information content (AvgIpc) is 3.18. The molecule has 27 heavy (non-hydrogen) atoms. The highest BCUT2D eigenvalue weighted by molar-refractivity contribution is 5.93. The number of ether oxygens (including phenoxy) is 1. The first kappa shape index (κ1) is 18.0. The normalized spacial score (nSPS) is 25.9. The van der Waals surface area contributed by atoms with Crippen molar-refractivity contribution in [1.82, 2.24) is 15.0 Å². The summed E-state index contributed by atoms with van der Waals surface area (Å²) in [6.07, 6.45) is 4.30. The van der Waals surface area contributed by atoms with E-state index in [1.807, 2.05) is 29.2 Å². The Balaban J connectivity index is 1.59. The number of likely N-dealkylation sites (N-methyl/N-ethyl adjacent to an activating group) is 1. The molecular weight excluding hydrogens is 342 g/mol. The lowest BCUT2D eigenvalue weighted by Crippen LogP contribution is -2.66. The number of benzene rings is 1. The van der Waals surface area contributed by atoms with Gasteiger partial charge in [0.2, 0.25) is 5.76 Å². The Hall–Kier alpha value is -2.34. The highest BCUT2D eigenvalue weighted by Crippen LogP contribution is 2.39. The van der Waals surface area contributed by atoms with E-state index >= 15 is 0 Å². The fourth-order valence-electron chi connectivity index (χ4n) is 4.63. The van der Waals surface area contributed by atoms with Crippen molar-refractivity contribution in [3.05, 3.63) is 36.1 Å². The summed E-state index contributed by atoms with van der Waals surface area (Å²) in [5.41, 5.74) is 1.57. The van der Waals surface area contributed by atoms with Crippen molar-refractivity contribution in [2.24, 2.45) is 0 Å². The molecule has 0 radical (unpaired) electrons. The van der Waals surface area contributed by atoms with Gasteiger partial charge in [-0.1, -0.05) is 17.3 Å². The molecule has 1 amide bonds. The minimum atomic E-state index is -0.0529. The topological polar surface area (TPSA) is 58.8 Å². The van der Waals surface area contributed by atoms with Gasteiger partial charge in [0.1, 0.15) is 11.4 Å². The number of likely N-dealkylation sites (tertiary alicyclic amines) is 2. The van der Waals surface area contributed by atoms with Crippen LogP contribution in [0.3, 0.4) is 0 Å². The van der Waals surface area contributed by atoms with Gasteiger partial charge in [0.25, 0.3) is 5.91 Å². The summed E-state index contributed by atoms with van der Waals surface area (Å²) >= 11 is 0. The molecule has 0 saturated carbocycles. The largest absolute Gasteiger partial charge is 0.497 e. The molecule has 2 saturated heterocycles. The van der Waals surface area contributed by atoms with E-state index in [-0.39, 0.29) is 17.5 Å². The number of fused-ring (bicyclic) bond motifs is 1. The van der Waals surface area contributed by atoms with Crippen LogP contribution < -0.4 is 4.74 Å². The Bertz CT molecular complexity index is 834. The van der Waals surface area contributed by atoms with E-state index in [0.29, 0.717) is 11.5 Å². The summed E-state index contributed by atoms with van der Waals surface area (Å²) in [7, 11) is 3.81. The Labute approximate surface area is 160 Å². The third-order valence-electron chi connectivity index (χ3n) is 6.37. The molecule has 0 aliphatic carbocycles. The zero-order valence-corrected chi connectivity index (χ0v) is 16.3. The highest BCUT2D eigenvalue weighted by Gasteiger charge is 2.47. The molecule has 0 N–H and O–H groups in total. The van der Waals surface area contributed by atoms with Crippen LogP contribution in [0, 0.1) is 0 Å². The van der Waals surface area contributed by atoms with E-state index in [2.05, 4.69) is 24.0 Å². The fraction of sp³-hybridized carbons (Fsp3) is 0.524. The lowest BCUT2D eigenvalue weighted by Gasteiger charge is -2.55. The van der Waals surface area contributed by atoms with Gasteiger partial charge in [0.15, 0.2) is 0 Å². The van der Waals surface area contributed by atoms with Crippen molar-refractivity contribution in [2.75, 3.05) is 27.2 Å². The Morgan fingerprint density at radius 2 is 2.15 bits per heavy atom. The summed E-state index contributed by atoms with van der Waals surface area (Å²) in [6, 6.07) is 9.57. The predicted octanol–water partition coefficient (Wildman–Crippen LogP) is 3.44. The maximum absolute atomic E-state index is 13.2. The molecule has 2 aromatic rings. The maximum Gasteiger partial charge on any atom is 0.292 e. The summed E-state index contributed by atoms with van der Waals surface area (Å²) in [4.78, 5) is 17.6. The monoisotopic (exact) mass is 369 g/mol. The van der Waals surface area contributed by atoms with Crippen molar-refractivity contribution < 1.29 is 14.1 Å². The summed E-state index contributed by atoms with van der Waals surface area (Å²) in [5.74, 6) is 1.01. The lowest BCUT2D eigenvalue weighted by molar-refractivity contribution is -0.0360. The minimum Gasteiger partial charge on any atom is -0.497 e. The molecule has 0 bridgehead atoms.